The highest BCUT2D eigenvalue weighted by Gasteiger charge is 2.40. The van der Waals surface area contributed by atoms with Gasteiger partial charge in [0.1, 0.15) is 0 Å². The molecular weight excluding hydrogens is 182 g/mol. The average Bonchev–Trinajstić information content (AvgIpc) is 2.62. The van der Waals surface area contributed by atoms with Crippen molar-refractivity contribution >= 4 is 0 Å². The number of aromatic nitrogens is 3. The van der Waals surface area contributed by atoms with E-state index in [4.69, 9.17) is 4.74 Å². The highest BCUT2D eigenvalue weighted by molar-refractivity contribution is 5.03. The molecule has 1 N–H and O–H groups in total. The standard InChI is InChI=1S/C9H15N3O2/c1-7-9(13,3-4-14-7)5-8-6-12(2)11-10-8/h6-7,13H,3-5H2,1-2H3. The Labute approximate surface area is 82.7 Å². The van der Waals surface area contributed by atoms with Crippen molar-refractivity contribution in [2.75, 3.05) is 6.61 Å². The smallest absolute Gasteiger partial charge is 0.0983 e. The predicted octanol–water partition coefficient (Wildman–Crippen LogP) is -0.103. The molecule has 1 aliphatic rings. The first-order valence-corrected chi connectivity index (χ1v) is 4.79. The highest BCUT2D eigenvalue weighted by Crippen LogP contribution is 2.28. The third-order valence-electron chi connectivity index (χ3n) is 2.80. The molecule has 2 rings (SSSR count). The first-order chi connectivity index (χ1) is 6.60. The third kappa shape index (κ3) is 1.65. The molecule has 0 bridgehead atoms. The van der Waals surface area contributed by atoms with Gasteiger partial charge in [-0.1, -0.05) is 5.21 Å². The molecule has 2 heterocycles. The lowest BCUT2D eigenvalue weighted by molar-refractivity contribution is -0.0274. The highest BCUT2D eigenvalue weighted by atomic mass is 16.5. The summed E-state index contributed by atoms with van der Waals surface area (Å²) in [5.41, 5.74) is 0.0445. The molecule has 1 aliphatic heterocycles. The molecule has 0 amide bonds. The van der Waals surface area contributed by atoms with Gasteiger partial charge in [-0.3, -0.25) is 4.68 Å². The first kappa shape index (κ1) is 9.61. The van der Waals surface area contributed by atoms with Crippen LogP contribution in [-0.2, 0) is 18.2 Å². The Morgan fingerprint density at radius 2 is 2.57 bits per heavy atom. The molecule has 0 aliphatic carbocycles. The molecule has 5 heteroatoms. The maximum atomic E-state index is 10.2. The minimum absolute atomic E-state index is 0.121. The van der Waals surface area contributed by atoms with Crippen LogP contribution in [0.25, 0.3) is 0 Å². The second-order valence-electron chi connectivity index (χ2n) is 3.93. The summed E-state index contributed by atoms with van der Waals surface area (Å²) in [6.07, 6.45) is 2.89. The Kier molecular flexibility index (Phi) is 2.28. The van der Waals surface area contributed by atoms with Crippen LogP contribution in [0.2, 0.25) is 0 Å². The summed E-state index contributed by atoms with van der Waals surface area (Å²) in [6, 6.07) is 0. The molecule has 5 nitrogen and oxygen atoms in total. The topological polar surface area (TPSA) is 60.2 Å². The van der Waals surface area contributed by atoms with Crippen LogP contribution in [0.1, 0.15) is 19.0 Å². The van der Waals surface area contributed by atoms with E-state index < -0.39 is 5.60 Å². The van der Waals surface area contributed by atoms with Crippen molar-refractivity contribution in [3.63, 3.8) is 0 Å². The van der Waals surface area contributed by atoms with Gasteiger partial charge in [-0.15, -0.1) is 5.10 Å². The Balaban J connectivity index is 2.10. The van der Waals surface area contributed by atoms with Crippen molar-refractivity contribution in [2.45, 2.75) is 31.5 Å². The van der Waals surface area contributed by atoms with Gasteiger partial charge in [-0.05, 0) is 6.92 Å². The van der Waals surface area contributed by atoms with Crippen LogP contribution in [0.3, 0.4) is 0 Å². The Morgan fingerprint density at radius 1 is 1.79 bits per heavy atom. The van der Waals surface area contributed by atoms with Crippen molar-refractivity contribution in [3.8, 4) is 0 Å². The predicted molar refractivity (Wildman–Crippen MR) is 49.7 cm³/mol. The van der Waals surface area contributed by atoms with Gasteiger partial charge < -0.3 is 9.84 Å². The number of ether oxygens (including phenoxy) is 1. The van der Waals surface area contributed by atoms with Crippen LogP contribution in [0.4, 0.5) is 0 Å². The molecule has 0 radical (unpaired) electrons. The minimum Gasteiger partial charge on any atom is -0.387 e. The van der Waals surface area contributed by atoms with Gasteiger partial charge >= 0.3 is 0 Å². The van der Waals surface area contributed by atoms with Gasteiger partial charge in [-0.2, -0.15) is 0 Å². The van der Waals surface area contributed by atoms with Crippen LogP contribution >= 0.6 is 0 Å². The van der Waals surface area contributed by atoms with E-state index in [1.807, 2.05) is 20.2 Å². The molecule has 2 atom stereocenters. The molecule has 1 saturated heterocycles. The van der Waals surface area contributed by atoms with Crippen LogP contribution < -0.4 is 0 Å². The first-order valence-electron chi connectivity index (χ1n) is 4.79. The van der Waals surface area contributed by atoms with E-state index in [2.05, 4.69) is 10.3 Å². The van der Waals surface area contributed by atoms with Crippen LogP contribution in [-0.4, -0.2) is 38.4 Å². The van der Waals surface area contributed by atoms with E-state index in [1.165, 1.54) is 0 Å². The van der Waals surface area contributed by atoms with E-state index in [-0.39, 0.29) is 6.10 Å². The summed E-state index contributed by atoms with van der Waals surface area (Å²) >= 11 is 0. The zero-order valence-electron chi connectivity index (χ0n) is 8.47. The van der Waals surface area contributed by atoms with E-state index in [9.17, 15) is 5.11 Å². The lowest BCUT2D eigenvalue weighted by Gasteiger charge is -2.24. The zero-order valence-corrected chi connectivity index (χ0v) is 8.47. The number of aryl methyl sites for hydroxylation is 1. The fraction of sp³-hybridized carbons (Fsp3) is 0.778. The third-order valence-corrected chi connectivity index (χ3v) is 2.80. The molecule has 78 valence electrons. The van der Waals surface area contributed by atoms with Crippen molar-refractivity contribution < 1.29 is 9.84 Å². The average molecular weight is 197 g/mol. The van der Waals surface area contributed by atoms with Gasteiger partial charge in [0.05, 0.1) is 17.4 Å². The van der Waals surface area contributed by atoms with Crippen molar-refractivity contribution in [3.05, 3.63) is 11.9 Å². The van der Waals surface area contributed by atoms with E-state index in [0.717, 1.165) is 5.69 Å². The van der Waals surface area contributed by atoms with E-state index in [1.54, 1.807) is 4.68 Å². The van der Waals surface area contributed by atoms with Crippen LogP contribution in [0, 0.1) is 0 Å². The number of hydrogen-bond acceptors (Lipinski definition) is 4. The number of nitrogens with zero attached hydrogens (tertiary/aromatic N) is 3. The fourth-order valence-corrected chi connectivity index (χ4v) is 1.79. The molecule has 0 saturated carbocycles. The van der Waals surface area contributed by atoms with Crippen molar-refractivity contribution in [1.29, 1.82) is 0 Å². The Hall–Kier alpha value is -0.940. The molecule has 1 aromatic heterocycles. The van der Waals surface area contributed by atoms with Crippen LogP contribution in [0.15, 0.2) is 6.20 Å². The van der Waals surface area contributed by atoms with Crippen LogP contribution in [0.5, 0.6) is 0 Å². The molecule has 0 spiro atoms. The molecule has 1 fully saturated rings. The monoisotopic (exact) mass is 197 g/mol. The fourth-order valence-electron chi connectivity index (χ4n) is 1.79. The molecular formula is C9H15N3O2. The van der Waals surface area contributed by atoms with Gasteiger partial charge in [0.15, 0.2) is 0 Å². The molecule has 1 aromatic rings. The lowest BCUT2D eigenvalue weighted by atomic mass is 9.91. The van der Waals surface area contributed by atoms with Crippen molar-refractivity contribution in [1.82, 2.24) is 15.0 Å². The zero-order chi connectivity index (χ0) is 10.2. The second-order valence-corrected chi connectivity index (χ2v) is 3.93. The summed E-state index contributed by atoms with van der Waals surface area (Å²) in [5.74, 6) is 0. The van der Waals surface area contributed by atoms with E-state index in [0.29, 0.717) is 19.4 Å². The number of rotatable bonds is 2. The number of aliphatic hydroxyl groups is 1. The van der Waals surface area contributed by atoms with Gasteiger partial charge in [0.25, 0.3) is 0 Å². The summed E-state index contributed by atoms with van der Waals surface area (Å²) in [6.45, 7) is 2.52. The summed E-state index contributed by atoms with van der Waals surface area (Å²) < 4.78 is 6.98. The van der Waals surface area contributed by atoms with Gasteiger partial charge in [0.2, 0.25) is 0 Å². The minimum atomic E-state index is -0.768. The summed E-state index contributed by atoms with van der Waals surface area (Å²) in [5, 5.41) is 18.0. The summed E-state index contributed by atoms with van der Waals surface area (Å²) in [7, 11) is 1.81. The normalized spacial score (nSPS) is 32.4. The Morgan fingerprint density at radius 3 is 3.07 bits per heavy atom. The number of hydrogen-bond donors (Lipinski definition) is 1. The second kappa shape index (κ2) is 3.33. The molecule has 14 heavy (non-hydrogen) atoms. The van der Waals surface area contributed by atoms with E-state index >= 15 is 0 Å². The van der Waals surface area contributed by atoms with Gasteiger partial charge in [-0.25, -0.2) is 0 Å². The molecule has 2 unspecified atom stereocenters. The Bertz CT molecular complexity index is 326. The van der Waals surface area contributed by atoms with Gasteiger partial charge in [0, 0.05) is 32.7 Å². The largest absolute Gasteiger partial charge is 0.387 e. The lowest BCUT2D eigenvalue weighted by Crippen LogP contribution is -2.38. The quantitative estimate of drug-likeness (QED) is 0.719. The maximum Gasteiger partial charge on any atom is 0.0983 e. The molecule has 0 aromatic carbocycles. The SMILES string of the molecule is CC1OCCC1(O)Cc1cn(C)nn1. The van der Waals surface area contributed by atoms with Crippen molar-refractivity contribution in [2.24, 2.45) is 7.05 Å². The summed E-state index contributed by atoms with van der Waals surface area (Å²) in [4.78, 5) is 0. The maximum absolute atomic E-state index is 10.2.